The Bertz CT molecular complexity index is 731. The molecule has 1 N–H and O–H groups in total. The van der Waals surface area contributed by atoms with Crippen LogP contribution in [0.1, 0.15) is 42.5 Å². The average Bonchev–Trinajstić information content (AvgIpc) is 3.32. The van der Waals surface area contributed by atoms with E-state index in [-0.39, 0.29) is 30.6 Å². The summed E-state index contributed by atoms with van der Waals surface area (Å²) < 4.78 is 0. The van der Waals surface area contributed by atoms with Crippen LogP contribution in [0.2, 0.25) is 0 Å². The Morgan fingerprint density at radius 2 is 2.00 bits per heavy atom. The van der Waals surface area contributed by atoms with E-state index in [0.717, 1.165) is 25.7 Å². The van der Waals surface area contributed by atoms with E-state index in [1.165, 1.54) is 15.3 Å². The molecule has 3 atom stereocenters. The molecule has 1 saturated heterocycles. The SMILES string of the molecule is O=C(O)C1C2CCCC2CN1C(=O)CCC(=O)N1CCc2sccc2C1. The zero-order chi connectivity index (χ0) is 18.3. The van der Waals surface area contributed by atoms with Crippen LogP contribution in [0, 0.1) is 11.8 Å². The van der Waals surface area contributed by atoms with Crippen molar-refractivity contribution in [1.29, 1.82) is 0 Å². The highest BCUT2D eigenvalue weighted by Gasteiger charge is 2.49. The number of aliphatic carboxylic acids is 1. The number of rotatable bonds is 4. The number of carboxylic acid groups (broad SMARTS) is 1. The molecule has 1 aliphatic carbocycles. The fourth-order valence-corrected chi connectivity index (χ4v) is 5.75. The molecule has 3 unspecified atom stereocenters. The first kappa shape index (κ1) is 17.5. The number of nitrogens with zero attached hydrogens (tertiary/aromatic N) is 2. The van der Waals surface area contributed by atoms with Gasteiger partial charge in [-0.2, -0.15) is 0 Å². The minimum absolute atomic E-state index is 0.0125. The lowest BCUT2D eigenvalue weighted by atomic mass is 9.94. The summed E-state index contributed by atoms with van der Waals surface area (Å²) in [4.78, 5) is 41.5. The fraction of sp³-hybridized carbons (Fsp3) is 0.632. The molecule has 6 nitrogen and oxygen atoms in total. The van der Waals surface area contributed by atoms with Crippen LogP contribution in [-0.4, -0.2) is 51.8 Å². The Balaban J connectivity index is 1.34. The third-order valence-electron chi connectivity index (χ3n) is 6.18. The molecule has 0 spiro atoms. The third kappa shape index (κ3) is 3.13. The number of fused-ring (bicyclic) bond motifs is 2. The van der Waals surface area contributed by atoms with Gasteiger partial charge in [0.1, 0.15) is 6.04 Å². The smallest absolute Gasteiger partial charge is 0.326 e. The van der Waals surface area contributed by atoms with E-state index in [2.05, 4.69) is 11.4 Å². The number of amides is 2. The highest BCUT2D eigenvalue weighted by atomic mass is 32.1. The number of carbonyl (C=O) groups is 3. The standard InChI is InChI=1S/C19H24N2O4S/c22-16(20-8-6-15-13(10-20)7-9-26-15)4-5-17(23)21-11-12-2-1-3-14(12)18(21)19(24)25/h7,9,12,14,18H,1-6,8,10-11H2,(H,24,25). The molecule has 140 valence electrons. The maximum absolute atomic E-state index is 12.6. The zero-order valence-electron chi connectivity index (χ0n) is 14.7. The first-order valence-corrected chi connectivity index (χ1v) is 10.3. The summed E-state index contributed by atoms with van der Waals surface area (Å²) in [6.45, 7) is 1.86. The molecule has 1 aromatic heterocycles. The number of hydrogen-bond donors (Lipinski definition) is 1. The Hall–Kier alpha value is -1.89. The summed E-state index contributed by atoms with van der Waals surface area (Å²) in [6.07, 6.45) is 4.10. The summed E-state index contributed by atoms with van der Waals surface area (Å²) in [7, 11) is 0. The first-order valence-electron chi connectivity index (χ1n) is 9.40. The maximum atomic E-state index is 12.6. The first-order chi connectivity index (χ1) is 12.5. The van der Waals surface area contributed by atoms with Crippen molar-refractivity contribution >= 4 is 29.1 Å². The van der Waals surface area contributed by atoms with Crippen molar-refractivity contribution in [3.05, 3.63) is 21.9 Å². The number of likely N-dealkylation sites (tertiary alicyclic amines) is 1. The van der Waals surface area contributed by atoms with Crippen LogP contribution in [-0.2, 0) is 27.3 Å². The van der Waals surface area contributed by atoms with Gasteiger partial charge in [-0.15, -0.1) is 11.3 Å². The second-order valence-electron chi connectivity index (χ2n) is 7.62. The molecule has 0 radical (unpaired) electrons. The van der Waals surface area contributed by atoms with E-state index in [0.29, 0.717) is 25.6 Å². The molecule has 26 heavy (non-hydrogen) atoms. The van der Waals surface area contributed by atoms with Crippen molar-refractivity contribution in [2.45, 2.75) is 51.1 Å². The second-order valence-corrected chi connectivity index (χ2v) is 8.62. The Morgan fingerprint density at radius 3 is 2.81 bits per heavy atom. The third-order valence-corrected chi connectivity index (χ3v) is 7.20. The van der Waals surface area contributed by atoms with Gasteiger partial charge in [-0.3, -0.25) is 9.59 Å². The minimum Gasteiger partial charge on any atom is -0.480 e. The lowest BCUT2D eigenvalue weighted by molar-refractivity contribution is -0.150. The molecule has 0 bridgehead atoms. The number of hydrogen-bond acceptors (Lipinski definition) is 4. The highest BCUT2D eigenvalue weighted by Crippen LogP contribution is 2.42. The van der Waals surface area contributed by atoms with Gasteiger partial charge in [-0.1, -0.05) is 6.42 Å². The molecule has 1 saturated carbocycles. The van der Waals surface area contributed by atoms with Gasteiger partial charge in [-0.05, 0) is 48.1 Å². The van der Waals surface area contributed by atoms with Crippen molar-refractivity contribution in [2.24, 2.45) is 11.8 Å². The lowest BCUT2D eigenvalue weighted by Crippen LogP contribution is -2.43. The normalized spacial score (nSPS) is 27.3. The van der Waals surface area contributed by atoms with Crippen LogP contribution in [0.15, 0.2) is 11.4 Å². The van der Waals surface area contributed by atoms with E-state index >= 15 is 0 Å². The lowest BCUT2D eigenvalue weighted by Gasteiger charge is -2.28. The van der Waals surface area contributed by atoms with Crippen molar-refractivity contribution in [1.82, 2.24) is 9.80 Å². The van der Waals surface area contributed by atoms with Gasteiger partial charge >= 0.3 is 5.97 Å². The number of carbonyl (C=O) groups excluding carboxylic acids is 2. The monoisotopic (exact) mass is 376 g/mol. The average molecular weight is 376 g/mol. The topological polar surface area (TPSA) is 77.9 Å². The fourth-order valence-electron chi connectivity index (χ4n) is 4.86. The molecule has 4 rings (SSSR count). The highest BCUT2D eigenvalue weighted by molar-refractivity contribution is 7.10. The molecule has 3 heterocycles. The van der Waals surface area contributed by atoms with Crippen molar-refractivity contribution < 1.29 is 19.5 Å². The van der Waals surface area contributed by atoms with Crippen molar-refractivity contribution in [3.8, 4) is 0 Å². The van der Waals surface area contributed by atoms with Crippen LogP contribution < -0.4 is 0 Å². The summed E-state index contributed by atoms with van der Waals surface area (Å²) >= 11 is 1.73. The van der Waals surface area contributed by atoms with Crippen LogP contribution in [0.4, 0.5) is 0 Å². The van der Waals surface area contributed by atoms with Crippen LogP contribution in [0.3, 0.4) is 0 Å². The van der Waals surface area contributed by atoms with Crippen molar-refractivity contribution in [2.75, 3.05) is 13.1 Å². The quantitative estimate of drug-likeness (QED) is 0.873. The molecule has 0 aromatic carbocycles. The molecule has 2 fully saturated rings. The summed E-state index contributed by atoms with van der Waals surface area (Å²) in [5.74, 6) is -0.698. The molecular formula is C19H24N2O4S. The summed E-state index contributed by atoms with van der Waals surface area (Å²) in [5.41, 5.74) is 1.21. The van der Waals surface area contributed by atoms with Gasteiger partial charge in [0.15, 0.2) is 0 Å². The van der Waals surface area contributed by atoms with Gasteiger partial charge in [0.05, 0.1) is 0 Å². The van der Waals surface area contributed by atoms with E-state index in [1.807, 2.05) is 4.90 Å². The zero-order valence-corrected chi connectivity index (χ0v) is 15.5. The van der Waals surface area contributed by atoms with Crippen LogP contribution in [0.5, 0.6) is 0 Å². The Labute approximate surface area is 156 Å². The Morgan fingerprint density at radius 1 is 1.19 bits per heavy atom. The molecular weight excluding hydrogens is 352 g/mol. The van der Waals surface area contributed by atoms with E-state index in [1.54, 1.807) is 11.3 Å². The number of thiophene rings is 1. The maximum Gasteiger partial charge on any atom is 0.326 e. The van der Waals surface area contributed by atoms with E-state index < -0.39 is 12.0 Å². The molecule has 7 heteroatoms. The van der Waals surface area contributed by atoms with Crippen LogP contribution in [0.25, 0.3) is 0 Å². The van der Waals surface area contributed by atoms with Gasteiger partial charge in [-0.25, -0.2) is 4.79 Å². The summed E-state index contributed by atoms with van der Waals surface area (Å²) in [5, 5.41) is 11.6. The van der Waals surface area contributed by atoms with Crippen LogP contribution >= 0.6 is 11.3 Å². The minimum atomic E-state index is -0.903. The molecule has 1 aromatic rings. The Kier molecular flexibility index (Phi) is 4.73. The molecule has 2 amide bonds. The van der Waals surface area contributed by atoms with Crippen molar-refractivity contribution in [3.63, 3.8) is 0 Å². The number of carboxylic acids is 1. The molecule has 3 aliphatic rings. The van der Waals surface area contributed by atoms with E-state index in [4.69, 9.17) is 0 Å². The second kappa shape index (κ2) is 7.02. The predicted octanol–water partition coefficient (Wildman–Crippen LogP) is 2.12. The van der Waals surface area contributed by atoms with Gasteiger partial charge in [0.25, 0.3) is 0 Å². The predicted molar refractivity (Wildman–Crippen MR) is 96.6 cm³/mol. The van der Waals surface area contributed by atoms with E-state index in [9.17, 15) is 19.5 Å². The van der Waals surface area contributed by atoms with Gasteiger partial charge < -0.3 is 14.9 Å². The van der Waals surface area contributed by atoms with Gasteiger partial charge in [0.2, 0.25) is 11.8 Å². The molecule has 2 aliphatic heterocycles. The summed E-state index contributed by atoms with van der Waals surface area (Å²) in [6, 6.07) is 1.36. The van der Waals surface area contributed by atoms with Gasteiger partial charge in [0, 0.05) is 37.4 Å². The largest absolute Gasteiger partial charge is 0.480 e.